The first-order valence-corrected chi connectivity index (χ1v) is 10.3. The SMILES string of the molecule is CCCCSc1nnc(CNC(=O)c2c(F)cccc2Cl)n1-c1ccccc1. The molecule has 0 aliphatic rings. The molecular formula is C20H20ClFN4OS. The molecule has 2 aromatic carbocycles. The van der Waals surface area contributed by atoms with Crippen molar-refractivity contribution >= 4 is 29.3 Å². The lowest BCUT2D eigenvalue weighted by molar-refractivity contribution is 0.0946. The third-order valence-corrected chi connectivity index (χ3v) is 5.37. The molecular weight excluding hydrogens is 399 g/mol. The van der Waals surface area contributed by atoms with Crippen LogP contribution in [0.15, 0.2) is 53.7 Å². The minimum Gasteiger partial charge on any atom is -0.345 e. The molecule has 0 fully saturated rings. The summed E-state index contributed by atoms with van der Waals surface area (Å²) in [5.74, 6) is 0.237. The van der Waals surface area contributed by atoms with Crippen LogP contribution in [0.4, 0.5) is 4.39 Å². The van der Waals surface area contributed by atoms with Crippen molar-refractivity contribution in [2.45, 2.75) is 31.5 Å². The summed E-state index contributed by atoms with van der Waals surface area (Å²) >= 11 is 7.59. The van der Waals surface area contributed by atoms with Crippen LogP contribution in [0.1, 0.15) is 35.9 Å². The molecule has 0 saturated heterocycles. The Labute approximate surface area is 172 Å². The van der Waals surface area contributed by atoms with Crippen LogP contribution in [0.2, 0.25) is 5.02 Å². The Balaban J connectivity index is 1.82. The van der Waals surface area contributed by atoms with Gasteiger partial charge in [-0.25, -0.2) is 4.39 Å². The standard InChI is InChI=1S/C20H20ClFN4OS/c1-2-3-12-28-20-25-24-17(26(20)14-8-5-4-6-9-14)13-23-19(27)18-15(21)10-7-11-16(18)22/h4-11H,2-3,12-13H2,1H3,(H,23,27). The molecule has 1 heterocycles. The van der Waals surface area contributed by atoms with E-state index in [2.05, 4.69) is 22.4 Å². The molecule has 0 aliphatic heterocycles. The maximum Gasteiger partial charge on any atom is 0.256 e. The average molecular weight is 419 g/mol. The molecule has 0 saturated carbocycles. The predicted molar refractivity (Wildman–Crippen MR) is 110 cm³/mol. The highest BCUT2D eigenvalue weighted by atomic mass is 35.5. The fraction of sp³-hybridized carbons (Fsp3) is 0.250. The number of hydrogen-bond acceptors (Lipinski definition) is 4. The summed E-state index contributed by atoms with van der Waals surface area (Å²) in [6, 6.07) is 13.8. The zero-order valence-corrected chi connectivity index (χ0v) is 16.9. The molecule has 28 heavy (non-hydrogen) atoms. The number of thioether (sulfide) groups is 1. The van der Waals surface area contributed by atoms with Gasteiger partial charge in [0.25, 0.3) is 5.91 Å². The fourth-order valence-electron chi connectivity index (χ4n) is 2.61. The lowest BCUT2D eigenvalue weighted by Crippen LogP contribution is -2.26. The normalized spacial score (nSPS) is 10.8. The number of hydrogen-bond donors (Lipinski definition) is 1. The van der Waals surface area contributed by atoms with Gasteiger partial charge in [-0.1, -0.05) is 61.0 Å². The second kappa shape index (κ2) is 9.71. The van der Waals surface area contributed by atoms with Crippen molar-refractivity contribution in [2.75, 3.05) is 5.75 Å². The molecule has 1 N–H and O–H groups in total. The number of nitrogens with zero attached hydrogens (tertiary/aromatic N) is 3. The van der Waals surface area contributed by atoms with E-state index in [4.69, 9.17) is 11.6 Å². The van der Waals surface area contributed by atoms with E-state index in [9.17, 15) is 9.18 Å². The molecule has 0 atom stereocenters. The molecule has 0 bridgehead atoms. The molecule has 5 nitrogen and oxygen atoms in total. The number of carbonyl (C=O) groups excluding carboxylic acids is 1. The van der Waals surface area contributed by atoms with E-state index >= 15 is 0 Å². The van der Waals surface area contributed by atoms with E-state index < -0.39 is 11.7 Å². The Kier molecular flexibility index (Phi) is 7.06. The third kappa shape index (κ3) is 4.72. The number of unbranched alkanes of at least 4 members (excludes halogenated alkanes) is 1. The van der Waals surface area contributed by atoms with Crippen molar-refractivity contribution in [1.29, 1.82) is 0 Å². The fourth-order valence-corrected chi connectivity index (χ4v) is 3.92. The Hall–Kier alpha value is -2.38. The van der Waals surface area contributed by atoms with Crippen LogP contribution in [0.3, 0.4) is 0 Å². The number of carbonyl (C=O) groups is 1. The van der Waals surface area contributed by atoms with Gasteiger partial charge < -0.3 is 5.32 Å². The maximum atomic E-state index is 14.0. The van der Waals surface area contributed by atoms with Crippen molar-refractivity contribution in [2.24, 2.45) is 0 Å². The molecule has 0 unspecified atom stereocenters. The first kappa shape index (κ1) is 20.4. The third-order valence-electron chi connectivity index (χ3n) is 4.04. The highest BCUT2D eigenvalue weighted by molar-refractivity contribution is 7.99. The van der Waals surface area contributed by atoms with Gasteiger partial charge in [-0.15, -0.1) is 10.2 Å². The van der Waals surface area contributed by atoms with Crippen LogP contribution in [-0.2, 0) is 6.54 Å². The summed E-state index contributed by atoms with van der Waals surface area (Å²) in [6.45, 7) is 2.23. The molecule has 3 rings (SSSR count). The first-order valence-electron chi connectivity index (χ1n) is 8.96. The largest absolute Gasteiger partial charge is 0.345 e. The van der Waals surface area contributed by atoms with Crippen LogP contribution in [0, 0.1) is 5.82 Å². The van der Waals surface area contributed by atoms with Crippen molar-refractivity contribution in [3.63, 3.8) is 0 Å². The van der Waals surface area contributed by atoms with Gasteiger partial charge in [-0.3, -0.25) is 9.36 Å². The molecule has 1 amide bonds. The minimum atomic E-state index is -0.662. The van der Waals surface area contributed by atoms with Gasteiger partial charge in [-0.2, -0.15) is 0 Å². The van der Waals surface area contributed by atoms with E-state index in [1.54, 1.807) is 11.8 Å². The number of rotatable bonds is 8. The number of nitrogens with one attached hydrogen (secondary N) is 1. The highest BCUT2D eigenvalue weighted by Crippen LogP contribution is 2.23. The van der Waals surface area contributed by atoms with Crippen molar-refractivity contribution < 1.29 is 9.18 Å². The van der Waals surface area contributed by atoms with Crippen LogP contribution in [0.5, 0.6) is 0 Å². The van der Waals surface area contributed by atoms with Crippen molar-refractivity contribution in [3.8, 4) is 5.69 Å². The number of benzene rings is 2. The van der Waals surface area contributed by atoms with Crippen LogP contribution < -0.4 is 5.32 Å². The van der Waals surface area contributed by atoms with Gasteiger partial charge in [0, 0.05) is 11.4 Å². The van der Waals surface area contributed by atoms with E-state index in [0.29, 0.717) is 5.82 Å². The second-order valence-electron chi connectivity index (χ2n) is 6.05. The lowest BCUT2D eigenvalue weighted by Gasteiger charge is -2.11. The van der Waals surface area contributed by atoms with Gasteiger partial charge in [0.1, 0.15) is 5.82 Å². The first-order chi connectivity index (χ1) is 13.6. The van der Waals surface area contributed by atoms with E-state index in [-0.39, 0.29) is 17.1 Å². The van der Waals surface area contributed by atoms with Crippen LogP contribution in [-0.4, -0.2) is 26.4 Å². The Bertz CT molecular complexity index is 928. The quantitative estimate of drug-likeness (QED) is 0.418. The van der Waals surface area contributed by atoms with Crippen LogP contribution >= 0.6 is 23.4 Å². The Morgan fingerprint density at radius 2 is 1.96 bits per heavy atom. The van der Waals surface area contributed by atoms with E-state index in [0.717, 1.165) is 29.4 Å². The molecule has 3 aromatic rings. The molecule has 146 valence electrons. The zero-order valence-electron chi connectivity index (χ0n) is 15.4. The van der Waals surface area contributed by atoms with Gasteiger partial charge in [-0.05, 0) is 30.7 Å². The second-order valence-corrected chi connectivity index (χ2v) is 7.52. The molecule has 1 aromatic heterocycles. The predicted octanol–water partition coefficient (Wildman–Crippen LogP) is 4.88. The zero-order chi connectivity index (χ0) is 19.9. The minimum absolute atomic E-state index is 0.0674. The molecule has 0 radical (unpaired) electrons. The molecule has 0 aliphatic carbocycles. The Morgan fingerprint density at radius 1 is 1.18 bits per heavy atom. The van der Waals surface area contributed by atoms with Crippen molar-refractivity contribution in [3.05, 3.63) is 70.8 Å². The topological polar surface area (TPSA) is 59.8 Å². The van der Waals surface area contributed by atoms with E-state index in [1.165, 1.54) is 18.2 Å². The molecule has 8 heteroatoms. The van der Waals surface area contributed by atoms with Crippen molar-refractivity contribution in [1.82, 2.24) is 20.1 Å². The number of para-hydroxylation sites is 1. The van der Waals surface area contributed by atoms with Gasteiger partial charge in [0.2, 0.25) is 0 Å². The maximum absolute atomic E-state index is 14.0. The highest BCUT2D eigenvalue weighted by Gasteiger charge is 2.18. The monoisotopic (exact) mass is 418 g/mol. The molecule has 0 spiro atoms. The summed E-state index contributed by atoms with van der Waals surface area (Å²) in [5, 5.41) is 12.0. The lowest BCUT2D eigenvalue weighted by atomic mass is 10.2. The average Bonchev–Trinajstić information content (AvgIpc) is 3.10. The number of aromatic nitrogens is 3. The summed E-state index contributed by atoms with van der Waals surface area (Å²) < 4.78 is 15.9. The van der Waals surface area contributed by atoms with Gasteiger partial charge >= 0.3 is 0 Å². The Morgan fingerprint density at radius 3 is 2.68 bits per heavy atom. The summed E-state index contributed by atoms with van der Waals surface area (Å²) in [5.41, 5.74) is 0.729. The summed E-state index contributed by atoms with van der Waals surface area (Å²) in [4.78, 5) is 12.4. The smallest absolute Gasteiger partial charge is 0.256 e. The van der Waals surface area contributed by atoms with Gasteiger partial charge in [0.05, 0.1) is 17.1 Å². The summed E-state index contributed by atoms with van der Waals surface area (Å²) in [7, 11) is 0. The van der Waals surface area contributed by atoms with Crippen LogP contribution in [0.25, 0.3) is 5.69 Å². The number of halogens is 2. The van der Waals surface area contributed by atoms with Gasteiger partial charge in [0.15, 0.2) is 11.0 Å². The van der Waals surface area contributed by atoms with E-state index in [1.807, 2.05) is 34.9 Å². The number of amides is 1. The summed E-state index contributed by atoms with van der Waals surface area (Å²) in [6.07, 6.45) is 2.17.